The van der Waals surface area contributed by atoms with Crippen molar-refractivity contribution in [1.82, 2.24) is 15.5 Å². The van der Waals surface area contributed by atoms with Crippen molar-refractivity contribution in [3.05, 3.63) is 0 Å². The third kappa shape index (κ3) is 11.9. The fourth-order valence-electron chi connectivity index (χ4n) is 2.17. The average Bonchev–Trinajstić information content (AvgIpc) is 3.10. The number of likely N-dealkylation sites (N-methyl/N-ethyl adjacent to an activating group) is 1. The van der Waals surface area contributed by atoms with E-state index in [0.29, 0.717) is 25.8 Å². The Kier molecular flexibility index (Phi) is 15.0. The predicted molar refractivity (Wildman–Crippen MR) is 113 cm³/mol. The van der Waals surface area contributed by atoms with Crippen LogP contribution in [0.5, 0.6) is 0 Å². The molecule has 2 N–H and O–H groups in total. The molecular formula is C17H35IN4O4. The van der Waals surface area contributed by atoms with Gasteiger partial charge in [0.2, 0.25) is 5.91 Å². The number of aliphatic imine (C=N–C) groups is 1. The SMILES string of the molecule is CCOCCCNC(=NCC(=O)N(C)C)NC(C)COC1CCOC1.I. The quantitative estimate of drug-likeness (QED) is 0.195. The third-order valence-electron chi connectivity index (χ3n) is 3.69. The molecule has 0 spiro atoms. The van der Waals surface area contributed by atoms with Gasteiger partial charge in [-0.2, -0.15) is 0 Å². The summed E-state index contributed by atoms with van der Waals surface area (Å²) >= 11 is 0. The van der Waals surface area contributed by atoms with Crippen LogP contribution in [0.3, 0.4) is 0 Å². The predicted octanol–water partition coefficient (Wildman–Crippen LogP) is 0.848. The summed E-state index contributed by atoms with van der Waals surface area (Å²) in [6.07, 6.45) is 2.00. The average molecular weight is 486 g/mol. The number of hydrogen-bond donors (Lipinski definition) is 2. The molecule has 0 aromatic rings. The molecule has 1 heterocycles. The summed E-state index contributed by atoms with van der Waals surface area (Å²) in [5.41, 5.74) is 0. The molecule has 0 aromatic heterocycles. The lowest BCUT2D eigenvalue weighted by Crippen LogP contribution is -2.45. The Hall–Kier alpha value is -0.650. The van der Waals surface area contributed by atoms with E-state index in [1.807, 2.05) is 13.8 Å². The maximum absolute atomic E-state index is 11.8. The van der Waals surface area contributed by atoms with Crippen molar-refractivity contribution in [2.45, 2.75) is 38.8 Å². The van der Waals surface area contributed by atoms with Gasteiger partial charge in [-0.3, -0.25) is 4.79 Å². The molecule has 2 unspecified atom stereocenters. The Morgan fingerprint density at radius 1 is 1.42 bits per heavy atom. The summed E-state index contributed by atoms with van der Waals surface area (Å²) in [6.45, 7) is 8.27. The highest BCUT2D eigenvalue weighted by molar-refractivity contribution is 14.0. The van der Waals surface area contributed by atoms with Gasteiger partial charge in [0.05, 0.1) is 19.3 Å². The highest BCUT2D eigenvalue weighted by Crippen LogP contribution is 2.08. The Morgan fingerprint density at radius 3 is 2.81 bits per heavy atom. The summed E-state index contributed by atoms with van der Waals surface area (Å²) in [5.74, 6) is 0.577. The number of ether oxygens (including phenoxy) is 3. The van der Waals surface area contributed by atoms with Crippen LogP contribution in [0.1, 0.15) is 26.7 Å². The molecule has 1 fully saturated rings. The molecule has 8 nitrogen and oxygen atoms in total. The first-order valence-corrected chi connectivity index (χ1v) is 9.05. The molecular weight excluding hydrogens is 451 g/mol. The molecule has 154 valence electrons. The van der Waals surface area contributed by atoms with E-state index >= 15 is 0 Å². The van der Waals surface area contributed by atoms with E-state index in [1.165, 1.54) is 4.90 Å². The van der Waals surface area contributed by atoms with Gasteiger partial charge in [0.15, 0.2) is 5.96 Å². The van der Waals surface area contributed by atoms with Gasteiger partial charge in [0.25, 0.3) is 0 Å². The highest BCUT2D eigenvalue weighted by Gasteiger charge is 2.17. The van der Waals surface area contributed by atoms with Crippen molar-refractivity contribution < 1.29 is 19.0 Å². The second-order valence-corrected chi connectivity index (χ2v) is 6.29. The minimum absolute atomic E-state index is 0. The normalized spacial score (nSPS) is 18.2. The van der Waals surface area contributed by atoms with E-state index in [1.54, 1.807) is 14.1 Å². The number of amides is 1. The van der Waals surface area contributed by atoms with Crippen molar-refractivity contribution >= 4 is 35.8 Å². The van der Waals surface area contributed by atoms with Crippen molar-refractivity contribution in [3.8, 4) is 0 Å². The summed E-state index contributed by atoms with van der Waals surface area (Å²) in [6, 6.07) is 0.0770. The Balaban J connectivity index is 0.00000625. The Labute approximate surface area is 174 Å². The molecule has 1 saturated heterocycles. The number of nitrogens with one attached hydrogen (secondary N) is 2. The molecule has 1 aliphatic heterocycles. The molecule has 1 aliphatic rings. The van der Waals surface area contributed by atoms with Crippen molar-refractivity contribution in [3.63, 3.8) is 0 Å². The largest absolute Gasteiger partial charge is 0.382 e. The molecule has 1 rings (SSSR count). The van der Waals surface area contributed by atoms with Crippen molar-refractivity contribution in [1.29, 1.82) is 0 Å². The van der Waals surface area contributed by atoms with Crippen LogP contribution in [0.25, 0.3) is 0 Å². The van der Waals surface area contributed by atoms with E-state index in [2.05, 4.69) is 15.6 Å². The standard InChI is InChI=1S/C17H34N4O4.HI/c1-5-23-9-6-8-18-17(19-11-16(22)21(3)4)20-14(2)12-25-15-7-10-24-13-15;/h14-15H,5-13H2,1-4H3,(H2,18,19,20);1H. The van der Waals surface area contributed by atoms with Gasteiger partial charge in [-0.05, 0) is 26.7 Å². The van der Waals surface area contributed by atoms with E-state index in [4.69, 9.17) is 14.2 Å². The van der Waals surface area contributed by atoms with E-state index in [9.17, 15) is 4.79 Å². The van der Waals surface area contributed by atoms with Crippen LogP contribution in [0.15, 0.2) is 4.99 Å². The van der Waals surface area contributed by atoms with Crippen LogP contribution in [-0.2, 0) is 19.0 Å². The fourth-order valence-corrected chi connectivity index (χ4v) is 2.17. The number of carbonyl (C=O) groups is 1. The van der Waals surface area contributed by atoms with Gasteiger partial charge in [0.1, 0.15) is 6.54 Å². The van der Waals surface area contributed by atoms with E-state index in [-0.39, 0.29) is 48.6 Å². The molecule has 0 saturated carbocycles. The van der Waals surface area contributed by atoms with Crippen LogP contribution < -0.4 is 10.6 Å². The van der Waals surface area contributed by atoms with Gasteiger partial charge in [-0.25, -0.2) is 4.99 Å². The molecule has 0 bridgehead atoms. The fraction of sp³-hybridized carbons (Fsp3) is 0.882. The third-order valence-corrected chi connectivity index (χ3v) is 3.69. The van der Waals surface area contributed by atoms with Gasteiger partial charge in [-0.1, -0.05) is 0 Å². The molecule has 26 heavy (non-hydrogen) atoms. The Bertz CT molecular complexity index is 404. The Morgan fingerprint density at radius 2 is 2.19 bits per heavy atom. The molecule has 0 aliphatic carbocycles. The topological polar surface area (TPSA) is 84.4 Å². The lowest BCUT2D eigenvalue weighted by Gasteiger charge is -2.20. The van der Waals surface area contributed by atoms with Crippen LogP contribution in [0, 0.1) is 0 Å². The van der Waals surface area contributed by atoms with Crippen LogP contribution in [0.2, 0.25) is 0 Å². The van der Waals surface area contributed by atoms with Crippen molar-refractivity contribution in [2.24, 2.45) is 4.99 Å². The lowest BCUT2D eigenvalue weighted by atomic mass is 10.3. The summed E-state index contributed by atoms with van der Waals surface area (Å²) in [7, 11) is 3.45. The van der Waals surface area contributed by atoms with E-state index < -0.39 is 0 Å². The monoisotopic (exact) mass is 486 g/mol. The molecule has 9 heteroatoms. The van der Waals surface area contributed by atoms with Gasteiger partial charge >= 0.3 is 0 Å². The summed E-state index contributed by atoms with van der Waals surface area (Å²) < 4.78 is 16.5. The molecule has 0 aromatic carbocycles. The minimum Gasteiger partial charge on any atom is -0.382 e. The smallest absolute Gasteiger partial charge is 0.243 e. The van der Waals surface area contributed by atoms with Crippen LogP contribution >= 0.6 is 24.0 Å². The second-order valence-electron chi connectivity index (χ2n) is 6.29. The maximum atomic E-state index is 11.8. The number of guanidine groups is 1. The van der Waals surface area contributed by atoms with E-state index in [0.717, 1.165) is 32.6 Å². The second kappa shape index (κ2) is 15.4. The first-order chi connectivity index (χ1) is 12.0. The van der Waals surface area contributed by atoms with Gasteiger partial charge in [-0.15, -0.1) is 24.0 Å². The minimum atomic E-state index is -0.0394. The lowest BCUT2D eigenvalue weighted by molar-refractivity contribution is -0.127. The van der Waals surface area contributed by atoms with Crippen molar-refractivity contribution in [2.75, 3.05) is 60.2 Å². The van der Waals surface area contributed by atoms with Gasteiger partial charge in [0, 0.05) is 46.5 Å². The first-order valence-electron chi connectivity index (χ1n) is 9.05. The van der Waals surface area contributed by atoms with Crippen LogP contribution in [0.4, 0.5) is 0 Å². The summed E-state index contributed by atoms with van der Waals surface area (Å²) in [5, 5.41) is 6.53. The molecule has 0 radical (unpaired) electrons. The highest BCUT2D eigenvalue weighted by atomic mass is 127. The number of nitrogens with zero attached hydrogens (tertiary/aromatic N) is 2. The molecule has 1 amide bonds. The zero-order chi connectivity index (χ0) is 18.5. The zero-order valence-electron chi connectivity index (χ0n) is 16.5. The van der Waals surface area contributed by atoms with Crippen LogP contribution in [-0.4, -0.2) is 89.1 Å². The number of rotatable bonds is 11. The number of carbonyl (C=O) groups excluding carboxylic acids is 1. The number of halogens is 1. The number of hydrogen-bond acceptors (Lipinski definition) is 5. The van der Waals surface area contributed by atoms with Gasteiger partial charge < -0.3 is 29.7 Å². The summed E-state index contributed by atoms with van der Waals surface area (Å²) in [4.78, 5) is 17.6. The maximum Gasteiger partial charge on any atom is 0.243 e. The zero-order valence-corrected chi connectivity index (χ0v) is 18.8. The first kappa shape index (κ1) is 25.4. The molecule has 2 atom stereocenters.